The fraction of sp³-hybridized carbons (Fsp3) is 0.167. The van der Waals surface area contributed by atoms with Crippen molar-refractivity contribution in [2.24, 2.45) is 4.99 Å². The predicted octanol–water partition coefficient (Wildman–Crippen LogP) is 2.98. The highest BCUT2D eigenvalue weighted by Gasteiger charge is 2.28. The van der Waals surface area contributed by atoms with Crippen LogP contribution in [-0.2, 0) is 9.59 Å². The number of hydrogen-bond acceptors (Lipinski definition) is 4. The number of hydrogen-bond donors (Lipinski definition) is 2. The third-order valence-electron chi connectivity index (χ3n) is 3.81. The van der Waals surface area contributed by atoms with E-state index in [1.165, 1.54) is 0 Å². The number of amides is 1. The molecule has 0 radical (unpaired) electrons. The lowest BCUT2D eigenvalue weighted by Crippen LogP contribution is -2.27. The van der Waals surface area contributed by atoms with Gasteiger partial charge in [0.2, 0.25) is 5.91 Å². The number of rotatable bonds is 4. The summed E-state index contributed by atoms with van der Waals surface area (Å²) in [5.41, 5.74) is 2.44. The first kappa shape index (κ1) is 17.0. The largest absolute Gasteiger partial charge is 0.497 e. The van der Waals surface area contributed by atoms with Gasteiger partial charge in [0.25, 0.3) is 0 Å². The monoisotopic (exact) mass is 358 g/mol. The average molecular weight is 359 g/mol. The number of benzene rings is 2. The lowest BCUT2D eigenvalue weighted by atomic mass is 10.00. The second-order valence-electron chi connectivity index (χ2n) is 5.50. The van der Waals surface area contributed by atoms with Gasteiger partial charge in [0.1, 0.15) is 11.8 Å². The Kier molecular flexibility index (Phi) is 4.72. The highest BCUT2D eigenvalue weighted by Crippen LogP contribution is 2.29. The minimum atomic E-state index is -1.09. The zero-order chi connectivity index (χ0) is 18.0. The molecule has 0 saturated heterocycles. The Balaban J connectivity index is 2.18. The van der Waals surface area contributed by atoms with Crippen molar-refractivity contribution in [2.75, 3.05) is 12.4 Å². The van der Waals surface area contributed by atoms with Crippen molar-refractivity contribution in [1.29, 1.82) is 0 Å². The topological polar surface area (TPSA) is 88.0 Å². The lowest BCUT2D eigenvalue weighted by Gasteiger charge is -2.11. The van der Waals surface area contributed by atoms with Crippen molar-refractivity contribution in [3.8, 4) is 5.75 Å². The van der Waals surface area contributed by atoms with Crippen LogP contribution in [0.1, 0.15) is 17.5 Å². The van der Waals surface area contributed by atoms with E-state index in [9.17, 15) is 9.59 Å². The van der Waals surface area contributed by atoms with Crippen LogP contribution in [-0.4, -0.2) is 35.8 Å². The molecule has 25 heavy (non-hydrogen) atoms. The van der Waals surface area contributed by atoms with Crippen molar-refractivity contribution in [1.82, 2.24) is 0 Å². The molecule has 2 aromatic carbocycles. The van der Waals surface area contributed by atoms with Gasteiger partial charge in [-0.05, 0) is 30.3 Å². The normalized spacial score (nSPS) is 16.3. The molecular weight excluding hydrogens is 344 g/mol. The van der Waals surface area contributed by atoms with E-state index in [-0.39, 0.29) is 0 Å². The molecular formula is C18H15ClN2O4. The number of aliphatic carboxylic acids is 1. The molecule has 1 heterocycles. The summed E-state index contributed by atoms with van der Waals surface area (Å²) in [5.74, 6) is -0.952. The van der Waals surface area contributed by atoms with Crippen molar-refractivity contribution >= 4 is 34.9 Å². The number of nitrogens with one attached hydrogen (secondary N) is 1. The second-order valence-corrected chi connectivity index (χ2v) is 5.94. The number of methoxy groups -OCH3 is 1. The highest BCUT2D eigenvalue weighted by molar-refractivity contribution is 6.30. The molecule has 1 atom stereocenters. The summed E-state index contributed by atoms with van der Waals surface area (Å²) < 4.78 is 5.26. The first-order valence-electron chi connectivity index (χ1n) is 7.52. The maximum atomic E-state index is 12.4. The molecule has 1 aliphatic rings. The molecule has 0 saturated carbocycles. The number of aliphatic imine (C=N–C) groups is 1. The number of benzodiazepines with no additional fused rings is 1. The summed E-state index contributed by atoms with van der Waals surface area (Å²) >= 11 is 5.95. The standard InChI is InChI=1S/C18H15ClN2O4/c1-25-12-6-7-14-13(8-12)17(10-2-4-11(19)5-3-10)20-15(9-16(22)23)18(24)21-14/h2-8,15H,9H2,1H3,(H,21,24)(H,22,23). The zero-order valence-corrected chi connectivity index (χ0v) is 14.1. The minimum Gasteiger partial charge on any atom is -0.497 e. The molecule has 128 valence electrons. The van der Waals surface area contributed by atoms with E-state index in [1.54, 1.807) is 49.6 Å². The predicted molar refractivity (Wildman–Crippen MR) is 94.8 cm³/mol. The van der Waals surface area contributed by atoms with Gasteiger partial charge < -0.3 is 15.2 Å². The van der Waals surface area contributed by atoms with Crippen molar-refractivity contribution in [2.45, 2.75) is 12.5 Å². The zero-order valence-electron chi connectivity index (χ0n) is 13.3. The van der Waals surface area contributed by atoms with Crippen LogP contribution in [0.3, 0.4) is 0 Å². The summed E-state index contributed by atoms with van der Waals surface area (Å²) in [7, 11) is 1.54. The third kappa shape index (κ3) is 3.64. The number of carboxylic acids is 1. The van der Waals surface area contributed by atoms with Crippen LogP contribution < -0.4 is 10.1 Å². The van der Waals surface area contributed by atoms with Crippen LogP contribution >= 0.6 is 11.6 Å². The van der Waals surface area contributed by atoms with Gasteiger partial charge in [-0.25, -0.2) is 0 Å². The van der Waals surface area contributed by atoms with Crippen molar-refractivity contribution < 1.29 is 19.4 Å². The number of anilines is 1. The van der Waals surface area contributed by atoms with E-state index in [1.807, 2.05) is 0 Å². The van der Waals surface area contributed by atoms with Crippen LogP contribution in [0.2, 0.25) is 5.02 Å². The van der Waals surface area contributed by atoms with Crippen LogP contribution in [0.4, 0.5) is 5.69 Å². The van der Waals surface area contributed by atoms with E-state index in [0.717, 1.165) is 5.56 Å². The van der Waals surface area contributed by atoms with Gasteiger partial charge in [-0.15, -0.1) is 0 Å². The average Bonchev–Trinajstić information content (AvgIpc) is 2.72. The number of halogens is 1. The van der Waals surface area contributed by atoms with E-state index >= 15 is 0 Å². The maximum Gasteiger partial charge on any atom is 0.306 e. The van der Waals surface area contributed by atoms with Gasteiger partial charge in [0.05, 0.1) is 24.9 Å². The van der Waals surface area contributed by atoms with E-state index in [4.69, 9.17) is 21.4 Å². The Hall–Kier alpha value is -2.86. The molecule has 0 aromatic heterocycles. The van der Waals surface area contributed by atoms with Gasteiger partial charge in [-0.3, -0.25) is 14.6 Å². The van der Waals surface area contributed by atoms with E-state index in [2.05, 4.69) is 10.3 Å². The third-order valence-corrected chi connectivity index (χ3v) is 4.06. The number of nitrogens with zero attached hydrogens (tertiary/aromatic N) is 1. The number of ether oxygens (including phenoxy) is 1. The molecule has 0 bridgehead atoms. The van der Waals surface area contributed by atoms with Gasteiger partial charge in [0.15, 0.2) is 0 Å². The molecule has 6 nitrogen and oxygen atoms in total. The number of carbonyl (C=O) groups excluding carboxylic acids is 1. The minimum absolute atomic E-state index is 0.395. The smallest absolute Gasteiger partial charge is 0.306 e. The van der Waals surface area contributed by atoms with Crippen molar-refractivity contribution in [3.05, 3.63) is 58.6 Å². The molecule has 3 rings (SSSR count). The molecule has 2 N–H and O–H groups in total. The quantitative estimate of drug-likeness (QED) is 0.879. The second kappa shape index (κ2) is 6.94. The summed E-state index contributed by atoms with van der Waals surface area (Å²) in [6.07, 6.45) is -0.395. The molecule has 1 amide bonds. The Labute approximate surface area is 149 Å². The number of carbonyl (C=O) groups is 2. The van der Waals surface area contributed by atoms with Gasteiger partial charge in [0, 0.05) is 16.1 Å². The molecule has 0 aliphatic carbocycles. The maximum absolute atomic E-state index is 12.4. The summed E-state index contributed by atoms with van der Waals surface area (Å²) in [6, 6.07) is 11.1. The first-order chi connectivity index (χ1) is 12.0. The summed E-state index contributed by atoms with van der Waals surface area (Å²) in [5, 5.41) is 12.4. The van der Waals surface area contributed by atoms with Crippen molar-refractivity contribution in [3.63, 3.8) is 0 Å². The first-order valence-corrected chi connectivity index (χ1v) is 7.90. The van der Waals surface area contributed by atoms with Crippen LogP contribution in [0.15, 0.2) is 47.5 Å². The number of fused-ring (bicyclic) bond motifs is 1. The van der Waals surface area contributed by atoms with Crippen LogP contribution in [0.25, 0.3) is 0 Å². The molecule has 7 heteroatoms. The Morgan fingerprint density at radius 2 is 2.00 bits per heavy atom. The van der Waals surface area contributed by atoms with Crippen LogP contribution in [0, 0.1) is 0 Å². The SMILES string of the molecule is COc1ccc2c(c1)C(c1ccc(Cl)cc1)=NC(CC(=O)O)C(=O)N2. The van der Waals surface area contributed by atoms with E-state index < -0.39 is 24.3 Å². The summed E-state index contributed by atoms with van der Waals surface area (Å²) in [6.45, 7) is 0. The Morgan fingerprint density at radius 1 is 1.28 bits per heavy atom. The van der Waals surface area contributed by atoms with Gasteiger partial charge in [-0.1, -0.05) is 23.7 Å². The fourth-order valence-electron chi connectivity index (χ4n) is 2.60. The van der Waals surface area contributed by atoms with Crippen LogP contribution in [0.5, 0.6) is 5.75 Å². The van der Waals surface area contributed by atoms with E-state index in [0.29, 0.717) is 27.7 Å². The molecule has 0 spiro atoms. The molecule has 2 aromatic rings. The molecule has 1 aliphatic heterocycles. The fourth-order valence-corrected chi connectivity index (χ4v) is 2.72. The molecule has 1 unspecified atom stereocenters. The summed E-state index contributed by atoms with van der Waals surface area (Å²) in [4.78, 5) is 27.9. The lowest BCUT2D eigenvalue weighted by molar-refractivity contribution is -0.138. The Bertz CT molecular complexity index is 862. The molecule has 0 fully saturated rings. The highest BCUT2D eigenvalue weighted by atomic mass is 35.5. The number of carboxylic acid groups (broad SMARTS) is 1. The van der Waals surface area contributed by atoms with Gasteiger partial charge in [-0.2, -0.15) is 0 Å². The Morgan fingerprint density at radius 3 is 2.64 bits per heavy atom. The van der Waals surface area contributed by atoms with Gasteiger partial charge >= 0.3 is 5.97 Å².